The first-order valence-corrected chi connectivity index (χ1v) is 7.12. The number of H-pyrrole nitrogens is 1. The largest absolute Gasteiger partial charge is 0.272 e. The third-order valence-electron chi connectivity index (χ3n) is 3.21. The molecule has 2 heterocycles. The maximum Gasteiger partial charge on any atom is 0.199 e. The fraction of sp³-hybridized carbons (Fsp3) is 0.250. The lowest BCUT2D eigenvalue weighted by Gasteiger charge is -2.05. The van der Waals surface area contributed by atoms with Crippen molar-refractivity contribution >= 4 is 33.8 Å². The zero-order chi connectivity index (χ0) is 12.1. The van der Waals surface area contributed by atoms with Crippen LogP contribution < -0.4 is 0 Å². The van der Waals surface area contributed by atoms with E-state index in [2.05, 4.69) is 27.3 Å². The van der Waals surface area contributed by atoms with E-state index in [1.54, 1.807) is 11.3 Å². The molecule has 1 aliphatic carbocycles. The number of hydrogen-bond acceptors (Lipinski definition) is 4. The summed E-state index contributed by atoms with van der Waals surface area (Å²) in [5.74, 6) is 1.62. The Morgan fingerprint density at radius 3 is 3.11 bits per heavy atom. The van der Waals surface area contributed by atoms with E-state index in [4.69, 9.17) is 12.2 Å². The van der Waals surface area contributed by atoms with Crippen LogP contribution in [-0.2, 0) is 0 Å². The van der Waals surface area contributed by atoms with E-state index in [9.17, 15) is 0 Å². The second-order valence-corrected chi connectivity index (χ2v) is 5.77. The summed E-state index contributed by atoms with van der Waals surface area (Å²) in [6.07, 6.45) is 2.42. The van der Waals surface area contributed by atoms with Crippen molar-refractivity contribution in [3.8, 4) is 5.69 Å². The Bertz CT molecular complexity index is 779. The fourth-order valence-corrected chi connectivity index (χ4v) is 3.11. The summed E-state index contributed by atoms with van der Waals surface area (Å²) in [7, 11) is 0. The van der Waals surface area contributed by atoms with Gasteiger partial charge in [-0.2, -0.15) is 5.10 Å². The predicted molar refractivity (Wildman–Crippen MR) is 73.9 cm³/mol. The molecule has 0 bridgehead atoms. The molecule has 4 rings (SSSR count). The lowest BCUT2D eigenvalue weighted by atomic mass is 10.3. The highest BCUT2D eigenvalue weighted by Gasteiger charge is 2.29. The number of nitrogens with one attached hydrogen (secondary N) is 1. The van der Waals surface area contributed by atoms with Gasteiger partial charge in [0.2, 0.25) is 0 Å². The quantitative estimate of drug-likeness (QED) is 0.728. The molecular formula is C12H10N4S2. The van der Waals surface area contributed by atoms with Gasteiger partial charge in [0, 0.05) is 5.92 Å². The first-order chi connectivity index (χ1) is 8.83. The summed E-state index contributed by atoms with van der Waals surface area (Å²) in [5, 5.41) is 7.26. The zero-order valence-corrected chi connectivity index (χ0v) is 11.1. The third-order valence-corrected chi connectivity index (χ3v) is 4.28. The van der Waals surface area contributed by atoms with Gasteiger partial charge in [-0.25, -0.2) is 4.98 Å². The molecule has 18 heavy (non-hydrogen) atoms. The monoisotopic (exact) mass is 274 g/mol. The van der Waals surface area contributed by atoms with Gasteiger partial charge < -0.3 is 0 Å². The summed E-state index contributed by atoms with van der Waals surface area (Å²) in [5.41, 5.74) is 3.98. The van der Waals surface area contributed by atoms with Crippen LogP contribution in [0.5, 0.6) is 0 Å². The van der Waals surface area contributed by atoms with Crippen LogP contribution in [0.15, 0.2) is 23.7 Å². The van der Waals surface area contributed by atoms with Crippen LogP contribution in [0.4, 0.5) is 0 Å². The standard InChI is InChI=1S/C12H10N4S2/c17-12-15-14-11(7-1-2-7)16(12)8-3-4-9-10(5-8)18-6-13-9/h3-7H,1-2H2,(H,15,17). The second kappa shape index (κ2) is 3.73. The first kappa shape index (κ1) is 10.4. The van der Waals surface area contributed by atoms with Gasteiger partial charge in [0.05, 0.1) is 21.4 Å². The minimum atomic E-state index is 0.565. The van der Waals surface area contributed by atoms with Crippen molar-refractivity contribution in [1.82, 2.24) is 19.7 Å². The van der Waals surface area contributed by atoms with Gasteiger partial charge >= 0.3 is 0 Å². The van der Waals surface area contributed by atoms with E-state index in [0.29, 0.717) is 10.7 Å². The second-order valence-electron chi connectivity index (χ2n) is 4.50. The van der Waals surface area contributed by atoms with Crippen molar-refractivity contribution in [3.63, 3.8) is 0 Å². The molecule has 0 unspecified atom stereocenters. The molecule has 1 saturated carbocycles. The van der Waals surface area contributed by atoms with Crippen molar-refractivity contribution in [3.05, 3.63) is 34.3 Å². The van der Waals surface area contributed by atoms with Crippen molar-refractivity contribution < 1.29 is 0 Å². The van der Waals surface area contributed by atoms with Gasteiger partial charge in [-0.05, 0) is 43.3 Å². The SMILES string of the molecule is S=c1[nH]nc(C2CC2)n1-c1ccc2ncsc2c1. The summed E-state index contributed by atoms with van der Waals surface area (Å²) in [6.45, 7) is 0. The smallest absolute Gasteiger partial charge is 0.199 e. The van der Waals surface area contributed by atoms with E-state index in [-0.39, 0.29) is 0 Å². The number of aromatic nitrogens is 4. The van der Waals surface area contributed by atoms with E-state index in [1.165, 1.54) is 17.5 Å². The molecule has 1 N–H and O–H groups in total. The van der Waals surface area contributed by atoms with Crippen molar-refractivity contribution in [2.75, 3.05) is 0 Å². The Kier molecular flexibility index (Phi) is 2.15. The van der Waals surface area contributed by atoms with E-state index in [1.807, 2.05) is 16.1 Å². The van der Waals surface area contributed by atoms with Gasteiger partial charge in [-0.3, -0.25) is 9.67 Å². The Morgan fingerprint density at radius 2 is 2.28 bits per heavy atom. The molecule has 1 aromatic carbocycles. The molecule has 4 nitrogen and oxygen atoms in total. The van der Waals surface area contributed by atoms with Crippen LogP contribution in [0, 0.1) is 4.77 Å². The van der Waals surface area contributed by atoms with Crippen LogP contribution in [0.1, 0.15) is 24.6 Å². The van der Waals surface area contributed by atoms with E-state index < -0.39 is 0 Å². The lowest BCUT2D eigenvalue weighted by Crippen LogP contribution is -1.99. The Labute approximate surface area is 112 Å². The molecular weight excluding hydrogens is 264 g/mol. The number of hydrogen-bond donors (Lipinski definition) is 1. The van der Waals surface area contributed by atoms with Gasteiger partial charge in [0.15, 0.2) is 4.77 Å². The molecule has 0 amide bonds. The Balaban J connectivity index is 1.95. The highest BCUT2D eigenvalue weighted by atomic mass is 32.1. The van der Waals surface area contributed by atoms with Crippen molar-refractivity contribution in [2.24, 2.45) is 0 Å². The minimum Gasteiger partial charge on any atom is -0.272 e. The number of thiazole rings is 1. The summed E-state index contributed by atoms with van der Waals surface area (Å²) in [4.78, 5) is 4.29. The van der Waals surface area contributed by atoms with Crippen molar-refractivity contribution in [1.29, 1.82) is 0 Å². The van der Waals surface area contributed by atoms with Gasteiger partial charge in [0.25, 0.3) is 0 Å². The number of rotatable bonds is 2. The van der Waals surface area contributed by atoms with Gasteiger partial charge in [0.1, 0.15) is 5.82 Å². The van der Waals surface area contributed by atoms with Crippen LogP contribution in [-0.4, -0.2) is 19.7 Å². The van der Waals surface area contributed by atoms with Crippen molar-refractivity contribution in [2.45, 2.75) is 18.8 Å². The molecule has 6 heteroatoms. The average Bonchev–Trinajstić information content (AvgIpc) is 2.99. The Hall–Kier alpha value is -1.53. The lowest BCUT2D eigenvalue weighted by molar-refractivity contribution is 0.870. The summed E-state index contributed by atoms with van der Waals surface area (Å²) in [6, 6.07) is 6.22. The molecule has 2 aromatic heterocycles. The van der Waals surface area contributed by atoms with Crippen LogP contribution in [0.25, 0.3) is 15.9 Å². The molecule has 90 valence electrons. The number of aromatic amines is 1. The van der Waals surface area contributed by atoms with Crippen LogP contribution >= 0.6 is 23.6 Å². The number of fused-ring (bicyclic) bond motifs is 1. The number of benzene rings is 1. The van der Waals surface area contributed by atoms with E-state index >= 15 is 0 Å². The fourth-order valence-electron chi connectivity index (χ4n) is 2.16. The molecule has 0 aliphatic heterocycles. The highest BCUT2D eigenvalue weighted by Crippen LogP contribution is 2.39. The normalized spacial score (nSPS) is 15.3. The van der Waals surface area contributed by atoms with Crippen LogP contribution in [0.2, 0.25) is 0 Å². The number of nitrogens with zero attached hydrogens (tertiary/aromatic N) is 3. The Morgan fingerprint density at radius 1 is 1.39 bits per heavy atom. The zero-order valence-electron chi connectivity index (χ0n) is 9.46. The maximum atomic E-state index is 5.34. The van der Waals surface area contributed by atoms with E-state index in [0.717, 1.165) is 17.0 Å². The van der Waals surface area contributed by atoms with Crippen LogP contribution in [0.3, 0.4) is 0 Å². The summed E-state index contributed by atoms with van der Waals surface area (Å²) >= 11 is 6.98. The molecule has 3 aromatic rings. The minimum absolute atomic E-state index is 0.565. The molecule has 0 spiro atoms. The summed E-state index contributed by atoms with van der Waals surface area (Å²) < 4.78 is 3.89. The average molecular weight is 274 g/mol. The third kappa shape index (κ3) is 1.53. The molecule has 1 aliphatic rings. The topological polar surface area (TPSA) is 46.5 Å². The first-order valence-electron chi connectivity index (χ1n) is 5.84. The predicted octanol–water partition coefficient (Wildman–Crippen LogP) is 3.42. The molecule has 0 saturated heterocycles. The highest BCUT2D eigenvalue weighted by molar-refractivity contribution is 7.71. The molecule has 0 atom stereocenters. The van der Waals surface area contributed by atoms with Gasteiger partial charge in [-0.15, -0.1) is 11.3 Å². The maximum absolute atomic E-state index is 5.34. The molecule has 1 fully saturated rings. The van der Waals surface area contributed by atoms with Gasteiger partial charge in [-0.1, -0.05) is 0 Å². The molecule has 0 radical (unpaired) electrons.